The number of anilines is 1. The van der Waals surface area contributed by atoms with Gasteiger partial charge in [0.15, 0.2) is 10.9 Å². The van der Waals surface area contributed by atoms with E-state index >= 15 is 0 Å². The van der Waals surface area contributed by atoms with Gasteiger partial charge >= 0.3 is 0 Å². The molecule has 0 spiro atoms. The first-order chi connectivity index (χ1) is 7.33. The smallest absolute Gasteiger partial charge is 0.196 e. The molecule has 5 heteroatoms. The molecular formula is C11H17ClN2OS. The quantitative estimate of drug-likeness (QED) is 0.616. The lowest BCUT2D eigenvalue weighted by molar-refractivity contribution is 0.101. The molecule has 1 heterocycles. The highest BCUT2D eigenvalue weighted by molar-refractivity contribution is 7.13. The predicted octanol–water partition coefficient (Wildman–Crippen LogP) is 3.05. The number of ketones is 1. The number of alkyl halides is 1. The molecule has 0 amide bonds. The van der Waals surface area contributed by atoms with Gasteiger partial charge in [0.2, 0.25) is 0 Å². The summed E-state index contributed by atoms with van der Waals surface area (Å²) in [5, 5.41) is 2.63. The summed E-state index contributed by atoms with van der Waals surface area (Å²) >= 11 is 6.96. The highest BCUT2D eigenvalue weighted by atomic mass is 35.5. The first-order valence-electron chi connectivity index (χ1n) is 5.09. The molecule has 0 aliphatic carbocycles. The number of thiazole rings is 1. The van der Waals surface area contributed by atoms with Crippen LogP contribution in [0.4, 0.5) is 5.13 Å². The Bertz CT molecular complexity index is 370. The Morgan fingerprint density at radius 3 is 2.69 bits per heavy atom. The van der Waals surface area contributed by atoms with Crippen LogP contribution in [-0.4, -0.2) is 30.2 Å². The van der Waals surface area contributed by atoms with Crippen LogP contribution < -0.4 is 4.90 Å². The van der Waals surface area contributed by atoms with Gasteiger partial charge in [0.25, 0.3) is 0 Å². The number of rotatable bonds is 4. The number of hydrogen-bond acceptors (Lipinski definition) is 4. The zero-order chi connectivity index (χ0) is 12.3. The minimum atomic E-state index is -0.117. The number of halogens is 1. The molecule has 1 rings (SSSR count). The molecule has 0 unspecified atom stereocenters. The largest absolute Gasteiger partial charge is 0.351 e. The Morgan fingerprint density at radius 2 is 2.19 bits per heavy atom. The lowest BCUT2D eigenvalue weighted by Crippen LogP contribution is -2.29. The second-order valence-corrected chi connectivity index (χ2v) is 6.09. The Balaban J connectivity index is 2.74. The molecule has 0 fully saturated rings. The van der Waals surface area contributed by atoms with E-state index in [4.69, 9.17) is 11.6 Å². The van der Waals surface area contributed by atoms with Crippen molar-refractivity contribution < 1.29 is 4.79 Å². The third-order valence-electron chi connectivity index (χ3n) is 1.94. The minimum Gasteiger partial charge on any atom is -0.351 e. The fourth-order valence-corrected chi connectivity index (χ4v) is 2.35. The maximum atomic E-state index is 11.3. The molecular weight excluding hydrogens is 244 g/mol. The lowest BCUT2D eigenvalue weighted by atomic mass is 9.96. The normalized spacial score (nSPS) is 11.6. The first-order valence-corrected chi connectivity index (χ1v) is 6.51. The van der Waals surface area contributed by atoms with E-state index in [1.807, 2.05) is 7.05 Å². The minimum absolute atomic E-state index is 0.00778. The van der Waals surface area contributed by atoms with Crippen LogP contribution in [0.15, 0.2) is 5.38 Å². The average molecular weight is 261 g/mol. The van der Waals surface area contributed by atoms with E-state index in [0.29, 0.717) is 5.69 Å². The summed E-state index contributed by atoms with van der Waals surface area (Å²) < 4.78 is 0. The second-order valence-electron chi connectivity index (χ2n) is 4.99. The van der Waals surface area contributed by atoms with Crippen LogP contribution in [0.5, 0.6) is 0 Å². The SMILES string of the molecule is CN(CC(C)(C)C)c1nc(C(=O)CCl)cs1. The van der Waals surface area contributed by atoms with Gasteiger partial charge in [-0.05, 0) is 5.41 Å². The fourth-order valence-electron chi connectivity index (χ4n) is 1.42. The standard InChI is InChI=1S/C11H17ClN2OS/c1-11(2,3)7-14(4)10-13-8(6-16-10)9(15)5-12/h6H,5,7H2,1-4H3. The molecule has 0 aromatic carbocycles. The van der Waals surface area contributed by atoms with Gasteiger partial charge in [-0.1, -0.05) is 20.8 Å². The molecule has 1 aromatic heterocycles. The Kier molecular flexibility index (Phi) is 4.33. The van der Waals surface area contributed by atoms with Crippen molar-refractivity contribution in [3.63, 3.8) is 0 Å². The predicted molar refractivity (Wildman–Crippen MR) is 69.9 cm³/mol. The monoisotopic (exact) mass is 260 g/mol. The first kappa shape index (κ1) is 13.5. The van der Waals surface area contributed by atoms with Gasteiger partial charge in [-0.15, -0.1) is 22.9 Å². The Labute approximate surface area is 105 Å². The van der Waals surface area contributed by atoms with Gasteiger partial charge in [0.1, 0.15) is 5.69 Å². The van der Waals surface area contributed by atoms with Crippen LogP contribution in [-0.2, 0) is 0 Å². The maximum Gasteiger partial charge on any atom is 0.196 e. The summed E-state index contributed by atoms with van der Waals surface area (Å²) in [7, 11) is 1.99. The van der Waals surface area contributed by atoms with Crippen molar-refractivity contribution in [1.82, 2.24) is 4.98 Å². The van der Waals surface area contributed by atoms with Crippen molar-refractivity contribution in [3.05, 3.63) is 11.1 Å². The summed E-state index contributed by atoms with van der Waals surface area (Å²) in [6.07, 6.45) is 0. The molecule has 16 heavy (non-hydrogen) atoms. The Hall–Kier alpha value is -0.610. The average Bonchev–Trinajstić information content (AvgIpc) is 2.62. The van der Waals surface area contributed by atoms with Crippen LogP contribution in [0, 0.1) is 5.41 Å². The highest BCUT2D eigenvalue weighted by Gasteiger charge is 2.17. The van der Waals surface area contributed by atoms with Crippen molar-refractivity contribution >= 4 is 33.9 Å². The molecule has 0 saturated carbocycles. The van der Waals surface area contributed by atoms with Gasteiger partial charge < -0.3 is 4.90 Å². The van der Waals surface area contributed by atoms with Crippen LogP contribution in [0.2, 0.25) is 0 Å². The Morgan fingerprint density at radius 1 is 1.56 bits per heavy atom. The molecule has 0 aliphatic rings. The van der Waals surface area contributed by atoms with E-state index < -0.39 is 0 Å². The van der Waals surface area contributed by atoms with Gasteiger partial charge in [0.05, 0.1) is 5.88 Å². The van der Waals surface area contributed by atoms with Gasteiger partial charge in [0, 0.05) is 19.0 Å². The summed E-state index contributed by atoms with van der Waals surface area (Å²) in [6.45, 7) is 7.40. The molecule has 90 valence electrons. The number of carbonyl (C=O) groups is 1. The molecule has 0 aliphatic heterocycles. The van der Waals surface area contributed by atoms with E-state index in [1.54, 1.807) is 5.38 Å². The molecule has 0 atom stereocenters. The summed E-state index contributed by atoms with van der Waals surface area (Å²) in [5.74, 6) is -0.125. The molecule has 0 N–H and O–H groups in total. The fraction of sp³-hybridized carbons (Fsp3) is 0.636. The van der Waals surface area contributed by atoms with Crippen LogP contribution in [0.25, 0.3) is 0 Å². The molecule has 0 radical (unpaired) electrons. The maximum absolute atomic E-state index is 11.3. The van der Waals surface area contributed by atoms with Crippen LogP contribution in [0.3, 0.4) is 0 Å². The molecule has 1 aromatic rings. The van der Waals surface area contributed by atoms with Crippen molar-refractivity contribution in [3.8, 4) is 0 Å². The van der Waals surface area contributed by atoms with E-state index in [1.165, 1.54) is 11.3 Å². The van der Waals surface area contributed by atoms with Crippen LogP contribution in [0.1, 0.15) is 31.3 Å². The number of nitrogens with zero attached hydrogens (tertiary/aromatic N) is 2. The second kappa shape index (κ2) is 5.15. The highest BCUT2D eigenvalue weighted by Crippen LogP contribution is 2.23. The van der Waals surface area contributed by atoms with E-state index in [9.17, 15) is 4.79 Å². The van der Waals surface area contributed by atoms with Crippen molar-refractivity contribution in [1.29, 1.82) is 0 Å². The third-order valence-corrected chi connectivity index (χ3v) is 3.13. The summed E-state index contributed by atoms with van der Waals surface area (Å²) in [5.41, 5.74) is 0.674. The van der Waals surface area contributed by atoms with Crippen molar-refractivity contribution in [2.45, 2.75) is 20.8 Å². The number of aromatic nitrogens is 1. The number of carbonyl (C=O) groups excluding carboxylic acids is 1. The van der Waals surface area contributed by atoms with Gasteiger partial charge in [-0.2, -0.15) is 0 Å². The zero-order valence-electron chi connectivity index (χ0n) is 10.1. The third kappa shape index (κ3) is 3.76. The van der Waals surface area contributed by atoms with E-state index in [2.05, 4.69) is 30.7 Å². The van der Waals surface area contributed by atoms with Gasteiger partial charge in [-0.3, -0.25) is 4.79 Å². The number of Topliss-reactive ketones (excluding diaryl/α,β-unsaturated/α-hetero) is 1. The van der Waals surface area contributed by atoms with Crippen LogP contribution >= 0.6 is 22.9 Å². The van der Waals surface area contributed by atoms with Crippen molar-refractivity contribution in [2.24, 2.45) is 5.41 Å². The molecule has 0 bridgehead atoms. The van der Waals surface area contributed by atoms with E-state index in [-0.39, 0.29) is 17.1 Å². The van der Waals surface area contributed by atoms with Crippen molar-refractivity contribution in [2.75, 3.05) is 24.4 Å². The molecule has 3 nitrogen and oxygen atoms in total. The van der Waals surface area contributed by atoms with E-state index in [0.717, 1.165) is 11.7 Å². The van der Waals surface area contributed by atoms with Gasteiger partial charge in [-0.25, -0.2) is 4.98 Å². The number of hydrogen-bond donors (Lipinski definition) is 0. The topological polar surface area (TPSA) is 33.2 Å². The summed E-state index contributed by atoms with van der Waals surface area (Å²) in [6, 6.07) is 0. The zero-order valence-corrected chi connectivity index (χ0v) is 11.7. The lowest BCUT2D eigenvalue weighted by Gasteiger charge is -2.25. The summed E-state index contributed by atoms with van der Waals surface area (Å²) in [4.78, 5) is 17.7. The molecule has 0 saturated heterocycles.